The van der Waals surface area contributed by atoms with Crippen LogP contribution in [0.15, 0.2) is 52.3 Å². The molecule has 2 aromatic carbocycles. The lowest BCUT2D eigenvalue weighted by Gasteiger charge is -2.25. The summed E-state index contributed by atoms with van der Waals surface area (Å²) in [5, 5.41) is 0. The summed E-state index contributed by atoms with van der Waals surface area (Å²) in [5.41, 5.74) is 1.05. The molecule has 2 aromatic rings. The Labute approximate surface area is 165 Å². The van der Waals surface area contributed by atoms with Crippen LogP contribution < -0.4 is 4.72 Å². The number of nitrogens with one attached hydrogen (secondary N) is 1. The topological polar surface area (TPSA) is 83.5 Å². The molecular formula is C19H23FN2O4S2. The fourth-order valence-electron chi connectivity index (χ4n) is 3.15. The van der Waals surface area contributed by atoms with E-state index in [9.17, 15) is 21.2 Å². The second kappa shape index (κ2) is 8.28. The summed E-state index contributed by atoms with van der Waals surface area (Å²) in [6, 6.07) is 9.73. The van der Waals surface area contributed by atoms with Gasteiger partial charge in [0, 0.05) is 19.6 Å². The third kappa shape index (κ3) is 4.60. The van der Waals surface area contributed by atoms with Crippen LogP contribution in [-0.2, 0) is 26.6 Å². The number of rotatable bonds is 6. The molecule has 0 aliphatic carbocycles. The van der Waals surface area contributed by atoms with Gasteiger partial charge in [0.05, 0.1) is 9.79 Å². The van der Waals surface area contributed by atoms with E-state index in [2.05, 4.69) is 4.72 Å². The highest BCUT2D eigenvalue weighted by Gasteiger charge is 2.25. The van der Waals surface area contributed by atoms with E-state index in [4.69, 9.17) is 0 Å². The number of nitrogens with zero attached hydrogens (tertiary/aromatic N) is 1. The summed E-state index contributed by atoms with van der Waals surface area (Å²) in [6.45, 7) is 2.62. The number of piperidine rings is 1. The minimum absolute atomic E-state index is 0.0255. The Hall–Kier alpha value is -1.81. The monoisotopic (exact) mass is 426 g/mol. The molecule has 0 unspecified atom stereocenters. The highest BCUT2D eigenvalue weighted by Crippen LogP contribution is 2.21. The van der Waals surface area contributed by atoms with Gasteiger partial charge < -0.3 is 0 Å². The Bertz CT molecular complexity index is 1050. The zero-order chi connectivity index (χ0) is 20.4. The molecule has 9 heteroatoms. The van der Waals surface area contributed by atoms with Gasteiger partial charge in [-0.05, 0) is 55.2 Å². The third-order valence-electron chi connectivity index (χ3n) is 4.78. The van der Waals surface area contributed by atoms with Crippen molar-refractivity contribution >= 4 is 20.0 Å². The van der Waals surface area contributed by atoms with Crippen LogP contribution in [-0.4, -0.2) is 34.2 Å². The van der Waals surface area contributed by atoms with Crippen molar-refractivity contribution in [1.29, 1.82) is 0 Å². The summed E-state index contributed by atoms with van der Waals surface area (Å²) >= 11 is 0. The highest BCUT2D eigenvalue weighted by molar-refractivity contribution is 7.89. The molecule has 1 saturated heterocycles. The summed E-state index contributed by atoms with van der Waals surface area (Å²) in [6.07, 6.45) is 2.76. The van der Waals surface area contributed by atoms with Gasteiger partial charge in [-0.15, -0.1) is 0 Å². The van der Waals surface area contributed by atoms with E-state index in [-0.39, 0.29) is 16.3 Å². The molecule has 0 saturated carbocycles. The lowest BCUT2D eigenvalue weighted by atomic mass is 10.2. The number of halogens is 1. The molecule has 0 aromatic heterocycles. The van der Waals surface area contributed by atoms with Crippen LogP contribution in [0.3, 0.4) is 0 Å². The number of hydrogen-bond donors (Lipinski definition) is 1. The van der Waals surface area contributed by atoms with E-state index >= 15 is 0 Å². The molecular weight excluding hydrogens is 403 g/mol. The van der Waals surface area contributed by atoms with E-state index < -0.39 is 25.9 Å². The zero-order valence-corrected chi connectivity index (χ0v) is 17.2. The molecule has 3 rings (SSSR count). The molecule has 0 radical (unpaired) electrons. The first kappa shape index (κ1) is 20.9. The minimum atomic E-state index is -3.88. The van der Waals surface area contributed by atoms with Crippen molar-refractivity contribution in [1.82, 2.24) is 9.03 Å². The van der Waals surface area contributed by atoms with Gasteiger partial charge >= 0.3 is 0 Å². The lowest BCUT2D eigenvalue weighted by Crippen LogP contribution is -2.35. The predicted octanol–water partition coefficient (Wildman–Crippen LogP) is 2.79. The standard InChI is InChI=1S/C19H23FN2O4S2/c1-15-5-8-17(20)13-19(15)27(23,24)21-14-16-6-9-18(10-7-16)28(25,26)22-11-3-2-4-12-22/h5-10,13,21H,2-4,11-12,14H2,1H3. The molecule has 1 fully saturated rings. The summed E-state index contributed by atoms with van der Waals surface area (Å²) in [4.78, 5) is 0.0822. The Kier molecular flexibility index (Phi) is 6.18. The second-order valence-corrected chi connectivity index (χ2v) is 10.5. The fourth-order valence-corrected chi connectivity index (χ4v) is 5.94. The van der Waals surface area contributed by atoms with Crippen LogP contribution in [0, 0.1) is 12.7 Å². The highest BCUT2D eigenvalue weighted by atomic mass is 32.2. The number of aryl methyl sites for hydroxylation is 1. The largest absolute Gasteiger partial charge is 0.243 e. The van der Waals surface area contributed by atoms with Gasteiger partial charge in [0.25, 0.3) is 0 Å². The van der Waals surface area contributed by atoms with E-state index in [1.165, 1.54) is 28.6 Å². The van der Waals surface area contributed by atoms with Gasteiger partial charge in [-0.3, -0.25) is 0 Å². The quantitative estimate of drug-likeness (QED) is 0.770. The molecule has 1 aliphatic heterocycles. The maximum Gasteiger partial charge on any atom is 0.243 e. The van der Waals surface area contributed by atoms with Crippen molar-refractivity contribution in [3.63, 3.8) is 0 Å². The minimum Gasteiger partial charge on any atom is -0.207 e. The van der Waals surface area contributed by atoms with Crippen molar-refractivity contribution in [2.24, 2.45) is 0 Å². The molecule has 1 heterocycles. The van der Waals surface area contributed by atoms with Gasteiger partial charge in [-0.2, -0.15) is 4.31 Å². The molecule has 152 valence electrons. The average molecular weight is 427 g/mol. The molecule has 1 N–H and O–H groups in total. The first-order valence-electron chi connectivity index (χ1n) is 9.05. The van der Waals surface area contributed by atoms with Crippen LogP contribution in [0.4, 0.5) is 4.39 Å². The molecule has 0 amide bonds. The Morgan fingerprint density at radius 3 is 2.25 bits per heavy atom. The fraction of sp³-hybridized carbons (Fsp3) is 0.368. The molecule has 0 bridgehead atoms. The average Bonchev–Trinajstić information content (AvgIpc) is 2.69. The SMILES string of the molecule is Cc1ccc(F)cc1S(=O)(=O)NCc1ccc(S(=O)(=O)N2CCCCC2)cc1. The first-order valence-corrected chi connectivity index (χ1v) is 12.0. The Morgan fingerprint density at radius 1 is 0.964 bits per heavy atom. The molecule has 6 nitrogen and oxygen atoms in total. The Balaban J connectivity index is 1.71. The summed E-state index contributed by atoms with van der Waals surface area (Å²) in [7, 11) is -7.41. The smallest absolute Gasteiger partial charge is 0.207 e. The van der Waals surface area contributed by atoms with Crippen LogP contribution in [0.25, 0.3) is 0 Å². The first-order chi connectivity index (χ1) is 13.2. The Morgan fingerprint density at radius 2 is 1.61 bits per heavy atom. The van der Waals surface area contributed by atoms with Crippen molar-refractivity contribution < 1.29 is 21.2 Å². The van der Waals surface area contributed by atoms with Crippen molar-refractivity contribution in [3.05, 3.63) is 59.4 Å². The molecule has 0 atom stereocenters. The van der Waals surface area contributed by atoms with E-state index in [0.717, 1.165) is 25.3 Å². The van der Waals surface area contributed by atoms with Crippen LogP contribution in [0.1, 0.15) is 30.4 Å². The maximum atomic E-state index is 13.4. The maximum absolute atomic E-state index is 13.4. The zero-order valence-electron chi connectivity index (χ0n) is 15.6. The number of hydrogen-bond acceptors (Lipinski definition) is 4. The third-order valence-corrected chi connectivity index (χ3v) is 8.24. The van der Waals surface area contributed by atoms with Crippen molar-refractivity contribution in [3.8, 4) is 0 Å². The van der Waals surface area contributed by atoms with E-state index in [1.54, 1.807) is 19.1 Å². The van der Waals surface area contributed by atoms with Crippen LogP contribution >= 0.6 is 0 Å². The predicted molar refractivity (Wildman–Crippen MR) is 104 cm³/mol. The number of sulfonamides is 2. The van der Waals surface area contributed by atoms with E-state index in [0.29, 0.717) is 24.2 Å². The van der Waals surface area contributed by atoms with Gasteiger partial charge in [0.15, 0.2) is 0 Å². The van der Waals surface area contributed by atoms with E-state index in [1.807, 2.05) is 0 Å². The summed E-state index contributed by atoms with van der Waals surface area (Å²) < 4.78 is 67.5. The summed E-state index contributed by atoms with van der Waals surface area (Å²) in [5.74, 6) is -0.627. The molecule has 0 spiro atoms. The van der Waals surface area contributed by atoms with Crippen LogP contribution in [0.2, 0.25) is 0 Å². The van der Waals surface area contributed by atoms with Crippen molar-refractivity contribution in [2.45, 2.75) is 42.5 Å². The van der Waals surface area contributed by atoms with Crippen LogP contribution in [0.5, 0.6) is 0 Å². The van der Waals surface area contributed by atoms with Gasteiger partial charge in [-0.25, -0.2) is 25.9 Å². The normalized spacial score (nSPS) is 16.2. The van der Waals surface area contributed by atoms with Gasteiger partial charge in [0.2, 0.25) is 20.0 Å². The van der Waals surface area contributed by atoms with Gasteiger partial charge in [0.1, 0.15) is 5.82 Å². The second-order valence-electron chi connectivity index (χ2n) is 6.84. The number of benzene rings is 2. The molecule has 28 heavy (non-hydrogen) atoms. The van der Waals surface area contributed by atoms with Crippen molar-refractivity contribution in [2.75, 3.05) is 13.1 Å². The van der Waals surface area contributed by atoms with Gasteiger partial charge in [-0.1, -0.05) is 24.6 Å². The lowest BCUT2D eigenvalue weighted by molar-refractivity contribution is 0.346. The molecule has 1 aliphatic rings.